The summed E-state index contributed by atoms with van der Waals surface area (Å²) < 4.78 is 56.5. The number of fused-ring (bicyclic) bond motifs is 2. The van der Waals surface area contributed by atoms with E-state index in [2.05, 4.69) is 15.4 Å². The van der Waals surface area contributed by atoms with Crippen LogP contribution in [0.4, 0.5) is 17.6 Å². The predicted octanol–water partition coefficient (Wildman–Crippen LogP) is 4.85. The quantitative estimate of drug-likeness (QED) is 0.277. The number of nitrogens with one attached hydrogen (secondary N) is 2. The van der Waals surface area contributed by atoms with E-state index in [-0.39, 0.29) is 12.1 Å². The van der Waals surface area contributed by atoms with Crippen molar-refractivity contribution in [3.63, 3.8) is 0 Å². The summed E-state index contributed by atoms with van der Waals surface area (Å²) in [6.07, 6.45) is -3.90. The van der Waals surface area contributed by atoms with E-state index in [0.717, 1.165) is 27.4 Å². The standard InChI is InChI=1S/C27H20F4N4O3/c28-19-9-7-16(8-10-19)20(11-12-36)32-25(37)23-22(27(29,30)31)24-26(38)33-21(14-35(24)34-23)18-6-5-15-3-1-2-4-17(15)13-18/h1-10,13-14,20,36H,11-12H2,(H,32,37)(H,33,38)/t20-/m1/s1. The third-order valence-corrected chi connectivity index (χ3v) is 6.18. The van der Waals surface area contributed by atoms with Gasteiger partial charge < -0.3 is 15.4 Å². The number of aromatic nitrogens is 3. The van der Waals surface area contributed by atoms with Crippen molar-refractivity contribution >= 4 is 22.2 Å². The molecule has 3 N–H and O–H groups in total. The van der Waals surface area contributed by atoms with Crippen molar-refractivity contribution in [2.45, 2.75) is 18.6 Å². The first-order valence-corrected chi connectivity index (χ1v) is 11.5. The highest BCUT2D eigenvalue weighted by molar-refractivity contribution is 5.96. The lowest BCUT2D eigenvalue weighted by molar-refractivity contribution is -0.136. The molecule has 5 aromatic rings. The first-order chi connectivity index (χ1) is 18.2. The second kappa shape index (κ2) is 9.75. The van der Waals surface area contributed by atoms with E-state index in [1.165, 1.54) is 18.3 Å². The highest BCUT2D eigenvalue weighted by Gasteiger charge is 2.42. The summed E-state index contributed by atoms with van der Waals surface area (Å²) >= 11 is 0. The van der Waals surface area contributed by atoms with Crippen LogP contribution in [0.3, 0.4) is 0 Å². The molecule has 0 radical (unpaired) electrons. The molecule has 0 aliphatic carbocycles. The Kier molecular flexibility index (Phi) is 6.45. The van der Waals surface area contributed by atoms with Gasteiger partial charge in [0.2, 0.25) is 0 Å². The molecule has 0 spiro atoms. The van der Waals surface area contributed by atoms with Crippen LogP contribution in [0, 0.1) is 5.82 Å². The fourth-order valence-electron chi connectivity index (χ4n) is 4.39. The van der Waals surface area contributed by atoms with Crippen molar-refractivity contribution in [1.82, 2.24) is 19.9 Å². The number of hydrogen-bond acceptors (Lipinski definition) is 4. The molecule has 38 heavy (non-hydrogen) atoms. The van der Waals surface area contributed by atoms with Gasteiger partial charge in [-0.3, -0.25) is 9.59 Å². The van der Waals surface area contributed by atoms with Gasteiger partial charge in [-0.2, -0.15) is 18.3 Å². The minimum absolute atomic E-state index is 0.0429. The van der Waals surface area contributed by atoms with Crippen LogP contribution in [0.25, 0.3) is 27.5 Å². The summed E-state index contributed by atoms with van der Waals surface area (Å²) in [5.41, 5.74) is -3.25. The summed E-state index contributed by atoms with van der Waals surface area (Å²) in [6.45, 7) is -0.394. The van der Waals surface area contributed by atoms with Crippen molar-refractivity contribution < 1.29 is 27.5 Å². The second-order valence-corrected chi connectivity index (χ2v) is 8.66. The zero-order valence-electron chi connectivity index (χ0n) is 19.6. The van der Waals surface area contributed by atoms with E-state index in [4.69, 9.17) is 0 Å². The third kappa shape index (κ3) is 4.75. The number of H-pyrrole nitrogens is 1. The number of hydrogen-bond donors (Lipinski definition) is 3. The van der Waals surface area contributed by atoms with Crippen LogP contribution in [0.5, 0.6) is 0 Å². The Bertz CT molecular complexity index is 1710. The van der Waals surface area contributed by atoms with Gasteiger partial charge in [-0.05, 0) is 41.0 Å². The largest absolute Gasteiger partial charge is 0.421 e. The normalized spacial score (nSPS) is 12.7. The van der Waals surface area contributed by atoms with Gasteiger partial charge in [-0.15, -0.1) is 0 Å². The number of amides is 1. The summed E-state index contributed by atoms with van der Waals surface area (Å²) in [6, 6.07) is 16.8. The number of carbonyl (C=O) groups excluding carboxylic acids is 1. The number of halogens is 4. The highest BCUT2D eigenvalue weighted by Crippen LogP contribution is 2.35. The Hall–Kier alpha value is -4.51. The van der Waals surface area contributed by atoms with Gasteiger partial charge in [0.15, 0.2) is 5.69 Å². The Morgan fingerprint density at radius 2 is 1.76 bits per heavy atom. The molecule has 0 unspecified atom stereocenters. The number of carbonyl (C=O) groups is 1. The van der Waals surface area contributed by atoms with Crippen molar-refractivity contribution in [2.75, 3.05) is 6.61 Å². The molecule has 0 aliphatic rings. The number of benzene rings is 3. The van der Waals surface area contributed by atoms with Crippen LogP contribution < -0.4 is 10.9 Å². The maximum absolute atomic E-state index is 14.1. The highest BCUT2D eigenvalue weighted by atomic mass is 19.4. The molecule has 0 fully saturated rings. The number of nitrogens with zero attached hydrogens (tertiary/aromatic N) is 2. The maximum Gasteiger partial charge on any atom is 0.421 e. The first kappa shape index (κ1) is 25.2. The number of rotatable bonds is 6. The summed E-state index contributed by atoms with van der Waals surface area (Å²) in [7, 11) is 0. The number of aromatic amines is 1. The molecule has 11 heteroatoms. The van der Waals surface area contributed by atoms with E-state index in [0.29, 0.717) is 11.1 Å². The number of aliphatic hydroxyl groups is 1. The fraction of sp³-hybridized carbons (Fsp3) is 0.148. The van der Waals surface area contributed by atoms with Gasteiger partial charge in [0.25, 0.3) is 11.5 Å². The second-order valence-electron chi connectivity index (χ2n) is 8.66. The Morgan fingerprint density at radius 3 is 2.45 bits per heavy atom. The first-order valence-electron chi connectivity index (χ1n) is 11.5. The van der Waals surface area contributed by atoms with Crippen LogP contribution >= 0.6 is 0 Å². The van der Waals surface area contributed by atoms with Crippen molar-refractivity contribution in [1.29, 1.82) is 0 Å². The molecule has 3 aromatic carbocycles. The monoisotopic (exact) mass is 524 g/mol. The average molecular weight is 524 g/mol. The smallest absolute Gasteiger partial charge is 0.396 e. The van der Waals surface area contributed by atoms with Crippen LogP contribution in [-0.4, -0.2) is 32.2 Å². The molecule has 0 bridgehead atoms. The summed E-state index contributed by atoms with van der Waals surface area (Å²) in [5, 5.41) is 17.5. The molecule has 1 atom stereocenters. The van der Waals surface area contributed by atoms with E-state index >= 15 is 0 Å². The lowest BCUT2D eigenvalue weighted by atomic mass is 10.0. The van der Waals surface area contributed by atoms with Crippen LogP contribution in [-0.2, 0) is 6.18 Å². The Morgan fingerprint density at radius 1 is 1.05 bits per heavy atom. The minimum Gasteiger partial charge on any atom is -0.396 e. The summed E-state index contributed by atoms with van der Waals surface area (Å²) in [4.78, 5) is 28.4. The van der Waals surface area contributed by atoms with E-state index in [9.17, 15) is 32.3 Å². The van der Waals surface area contributed by atoms with Crippen LogP contribution in [0.2, 0.25) is 0 Å². The molecule has 5 rings (SSSR count). The van der Waals surface area contributed by atoms with Crippen molar-refractivity contribution in [2.24, 2.45) is 0 Å². The molecule has 2 aromatic heterocycles. The SMILES string of the molecule is O=C(N[C@H](CCO)c1ccc(F)cc1)c1nn2cc(-c3ccc4ccccc4c3)[nH]c(=O)c2c1C(F)(F)F. The molecule has 7 nitrogen and oxygen atoms in total. The number of alkyl halides is 3. The van der Waals surface area contributed by atoms with Crippen LogP contribution in [0.15, 0.2) is 77.7 Å². The topological polar surface area (TPSA) is 99.5 Å². The minimum atomic E-state index is -5.08. The van der Waals surface area contributed by atoms with Gasteiger partial charge >= 0.3 is 6.18 Å². The Labute approximate surface area is 212 Å². The predicted molar refractivity (Wildman–Crippen MR) is 132 cm³/mol. The molecule has 194 valence electrons. The zero-order valence-corrected chi connectivity index (χ0v) is 19.6. The van der Waals surface area contributed by atoms with E-state index in [1.807, 2.05) is 30.3 Å². The van der Waals surface area contributed by atoms with E-state index in [1.54, 1.807) is 12.1 Å². The molecule has 0 saturated heterocycles. The molecule has 0 saturated carbocycles. The lowest BCUT2D eigenvalue weighted by Gasteiger charge is -2.18. The van der Waals surface area contributed by atoms with Gasteiger partial charge in [0.1, 0.15) is 16.9 Å². The summed E-state index contributed by atoms with van der Waals surface area (Å²) in [5.74, 6) is -1.74. The average Bonchev–Trinajstić information content (AvgIpc) is 3.30. The maximum atomic E-state index is 14.1. The molecule has 0 aliphatic heterocycles. The van der Waals surface area contributed by atoms with Gasteiger partial charge in [0, 0.05) is 12.2 Å². The fourth-order valence-corrected chi connectivity index (χ4v) is 4.39. The van der Waals surface area contributed by atoms with E-state index < -0.39 is 52.9 Å². The Balaban J connectivity index is 1.59. The lowest BCUT2D eigenvalue weighted by Crippen LogP contribution is -2.31. The van der Waals surface area contributed by atoms with Crippen molar-refractivity contribution in [3.8, 4) is 11.3 Å². The zero-order chi connectivity index (χ0) is 27.0. The number of aliphatic hydroxyl groups excluding tert-OH is 1. The van der Waals surface area contributed by atoms with Crippen LogP contribution in [0.1, 0.15) is 34.1 Å². The molecular weight excluding hydrogens is 504 g/mol. The van der Waals surface area contributed by atoms with Crippen molar-refractivity contribution in [3.05, 3.63) is 106 Å². The van der Waals surface area contributed by atoms with Gasteiger partial charge in [0.05, 0.1) is 17.9 Å². The molecular formula is C27H20F4N4O3. The third-order valence-electron chi connectivity index (χ3n) is 6.18. The molecule has 1 amide bonds. The van der Waals surface area contributed by atoms with Gasteiger partial charge in [-0.1, -0.05) is 48.5 Å². The van der Waals surface area contributed by atoms with Gasteiger partial charge in [-0.25, -0.2) is 8.91 Å². The molecule has 2 heterocycles.